The molecule has 0 aliphatic heterocycles. The van der Waals surface area contributed by atoms with Crippen LogP contribution < -0.4 is 0 Å². The number of carbonyl (C=O) groups is 3. The van der Waals surface area contributed by atoms with Crippen LogP contribution in [0.4, 0.5) is 0 Å². The molecule has 0 unspecified atom stereocenters. The first-order valence-electron chi connectivity index (χ1n) is 26.7. The van der Waals surface area contributed by atoms with Crippen molar-refractivity contribution in [3.63, 3.8) is 0 Å². The Morgan fingerprint density at radius 2 is 0.550 bits per heavy atom. The molecule has 0 heterocycles. The van der Waals surface area contributed by atoms with Gasteiger partial charge in [-0.3, -0.25) is 14.4 Å². The fourth-order valence-electron chi connectivity index (χ4n) is 8.17. The van der Waals surface area contributed by atoms with E-state index in [0.29, 0.717) is 19.3 Å². The van der Waals surface area contributed by atoms with Crippen LogP contribution in [0.1, 0.15) is 298 Å². The molecule has 0 saturated heterocycles. The summed E-state index contributed by atoms with van der Waals surface area (Å²) in [7, 11) is 0. The molecule has 0 aromatic heterocycles. The van der Waals surface area contributed by atoms with Gasteiger partial charge in [0.05, 0.1) is 0 Å². The van der Waals surface area contributed by atoms with E-state index in [1.165, 1.54) is 186 Å². The van der Waals surface area contributed by atoms with Gasteiger partial charge in [0.2, 0.25) is 0 Å². The molecule has 0 fully saturated rings. The molecule has 0 bridgehead atoms. The van der Waals surface area contributed by atoms with Gasteiger partial charge in [0.15, 0.2) is 6.10 Å². The first-order valence-corrected chi connectivity index (χ1v) is 26.7. The lowest BCUT2D eigenvalue weighted by Crippen LogP contribution is -2.30. The molecule has 0 amide bonds. The summed E-state index contributed by atoms with van der Waals surface area (Å²) in [6.45, 7) is 11.4. The van der Waals surface area contributed by atoms with Crippen molar-refractivity contribution in [1.29, 1.82) is 0 Å². The maximum absolute atomic E-state index is 12.8. The van der Waals surface area contributed by atoms with Crippen molar-refractivity contribution >= 4 is 17.9 Å². The second kappa shape index (κ2) is 46.9. The van der Waals surface area contributed by atoms with Crippen LogP contribution in [0.3, 0.4) is 0 Å². The van der Waals surface area contributed by atoms with Gasteiger partial charge in [-0.1, -0.05) is 259 Å². The Kier molecular flexibility index (Phi) is 45.7. The summed E-state index contributed by atoms with van der Waals surface area (Å²) < 4.78 is 16.8. The number of ether oxygens (including phenoxy) is 3. The fourth-order valence-corrected chi connectivity index (χ4v) is 8.17. The Labute approximate surface area is 374 Å². The summed E-state index contributed by atoms with van der Waals surface area (Å²) in [5, 5.41) is 0. The molecule has 6 nitrogen and oxygen atoms in total. The molecule has 0 radical (unpaired) electrons. The molecule has 1 atom stereocenters. The predicted molar refractivity (Wildman–Crippen MR) is 256 cm³/mol. The average Bonchev–Trinajstić information content (AvgIpc) is 3.22. The molecule has 0 aromatic carbocycles. The van der Waals surface area contributed by atoms with Crippen molar-refractivity contribution in [2.24, 2.45) is 11.8 Å². The number of hydrogen-bond donors (Lipinski definition) is 0. The minimum Gasteiger partial charge on any atom is -0.462 e. The first kappa shape index (κ1) is 58.4. The van der Waals surface area contributed by atoms with Gasteiger partial charge < -0.3 is 14.2 Å². The molecule has 0 aliphatic carbocycles. The van der Waals surface area contributed by atoms with E-state index in [0.717, 1.165) is 69.6 Å². The van der Waals surface area contributed by atoms with Crippen LogP contribution in [0.25, 0.3) is 0 Å². The summed E-state index contributed by atoms with van der Waals surface area (Å²) in [6.07, 6.45) is 48.0. The standard InChI is InChI=1S/C54H104O6/c1-6-7-8-9-10-11-12-13-14-15-16-19-25-31-36-41-46-54(57)60-51(48-59-53(56)45-40-35-30-26-21-23-28-33-38-43-50(4)5)47-58-52(55)44-39-34-29-24-20-17-18-22-27-32-37-42-49(2)3/h49-51H,6-48H2,1-5H3/t51-/m0/s1. The highest BCUT2D eigenvalue weighted by Crippen LogP contribution is 2.17. The average molecular weight is 849 g/mol. The van der Waals surface area contributed by atoms with Crippen molar-refractivity contribution in [2.45, 2.75) is 304 Å². The van der Waals surface area contributed by atoms with Gasteiger partial charge in [0.1, 0.15) is 13.2 Å². The van der Waals surface area contributed by atoms with Crippen LogP contribution in [0.2, 0.25) is 0 Å². The topological polar surface area (TPSA) is 78.9 Å². The van der Waals surface area contributed by atoms with Crippen molar-refractivity contribution in [3.8, 4) is 0 Å². The zero-order valence-corrected chi connectivity index (χ0v) is 41.1. The van der Waals surface area contributed by atoms with Gasteiger partial charge in [-0.25, -0.2) is 0 Å². The van der Waals surface area contributed by atoms with E-state index >= 15 is 0 Å². The molecule has 0 N–H and O–H groups in total. The summed E-state index contributed by atoms with van der Waals surface area (Å²) in [6, 6.07) is 0. The molecular weight excluding hydrogens is 745 g/mol. The SMILES string of the molecule is CCCCCCCCCCCCCCCCCCC(=O)O[C@@H](COC(=O)CCCCCCCCCCCCCC(C)C)COC(=O)CCCCCCCCCCCC(C)C. The van der Waals surface area contributed by atoms with Crippen LogP contribution in [-0.4, -0.2) is 37.2 Å². The smallest absolute Gasteiger partial charge is 0.306 e. The van der Waals surface area contributed by atoms with Gasteiger partial charge in [0.25, 0.3) is 0 Å². The van der Waals surface area contributed by atoms with Crippen LogP contribution in [0, 0.1) is 11.8 Å². The molecule has 0 rings (SSSR count). The van der Waals surface area contributed by atoms with E-state index in [1.807, 2.05) is 0 Å². The highest BCUT2D eigenvalue weighted by molar-refractivity contribution is 5.71. The lowest BCUT2D eigenvalue weighted by molar-refractivity contribution is -0.167. The molecule has 0 spiro atoms. The lowest BCUT2D eigenvalue weighted by atomic mass is 10.0. The van der Waals surface area contributed by atoms with Crippen molar-refractivity contribution < 1.29 is 28.6 Å². The minimum atomic E-state index is -0.762. The van der Waals surface area contributed by atoms with E-state index in [2.05, 4.69) is 34.6 Å². The van der Waals surface area contributed by atoms with Gasteiger partial charge in [-0.15, -0.1) is 0 Å². The van der Waals surface area contributed by atoms with E-state index in [1.54, 1.807) is 0 Å². The summed E-state index contributed by atoms with van der Waals surface area (Å²) in [4.78, 5) is 38.0. The first-order chi connectivity index (χ1) is 29.2. The number of unbranched alkanes of at least 4 members (excludes halogenated alkanes) is 33. The Bertz CT molecular complexity index is 916. The van der Waals surface area contributed by atoms with Crippen molar-refractivity contribution in [2.75, 3.05) is 13.2 Å². The Hall–Kier alpha value is -1.59. The Morgan fingerprint density at radius 3 is 0.817 bits per heavy atom. The summed E-state index contributed by atoms with van der Waals surface area (Å²) in [5.41, 5.74) is 0. The number of hydrogen-bond acceptors (Lipinski definition) is 6. The van der Waals surface area contributed by atoms with Crippen molar-refractivity contribution in [3.05, 3.63) is 0 Å². The summed E-state index contributed by atoms with van der Waals surface area (Å²) in [5.74, 6) is 0.789. The zero-order valence-electron chi connectivity index (χ0n) is 41.1. The summed E-state index contributed by atoms with van der Waals surface area (Å²) >= 11 is 0. The number of carbonyl (C=O) groups excluding carboxylic acids is 3. The second-order valence-corrected chi connectivity index (χ2v) is 19.5. The molecule has 0 aromatic rings. The fraction of sp³-hybridized carbons (Fsp3) is 0.944. The van der Waals surface area contributed by atoms with Gasteiger partial charge in [-0.2, -0.15) is 0 Å². The predicted octanol–water partition coefficient (Wildman–Crippen LogP) is 17.3. The maximum Gasteiger partial charge on any atom is 0.306 e. The van der Waals surface area contributed by atoms with Crippen LogP contribution >= 0.6 is 0 Å². The Morgan fingerprint density at radius 1 is 0.317 bits per heavy atom. The third kappa shape index (κ3) is 47.5. The van der Waals surface area contributed by atoms with Crippen molar-refractivity contribution in [1.82, 2.24) is 0 Å². The molecule has 0 saturated carbocycles. The van der Waals surface area contributed by atoms with Gasteiger partial charge in [-0.05, 0) is 31.1 Å². The van der Waals surface area contributed by atoms with E-state index in [-0.39, 0.29) is 31.1 Å². The monoisotopic (exact) mass is 849 g/mol. The quantitative estimate of drug-likeness (QED) is 0.0345. The molecule has 60 heavy (non-hydrogen) atoms. The van der Waals surface area contributed by atoms with E-state index in [4.69, 9.17) is 14.2 Å². The second-order valence-electron chi connectivity index (χ2n) is 19.5. The minimum absolute atomic E-state index is 0.0637. The van der Waals surface area contributed by atoms with Crippen LogP contribution in [0.5, 0.6) is 0 Å². The molecular formula is C54H104O6. The molecule has 6 heteroatoms. The number of esters is 3. The largest absolute Gasteiger partial charge is 0.462 e. The molecule has 356 valence electrons. The van der Waals surface area contributed by atoms with E-state index < -0.39 is 6.10 Å². The van der Waals surface area contributed by atoms with E-state index in [9.17, 15) is 14.4 Å². The highest BCUT2D eigenvalue weighted by Gasteiger charge is 2.19. The van der Waals surface area contributed by atoms with Crippen LogP contribution in [-0.2, 0) is 28.6 Å². The third-order valence-corrected chi connectivity index (χ3v) is 12.2. The maximum atomic E-state index is 12.8. The van der Waals surface area contributed by atoms with Gasteiger partial charge >= 0.3 is 17.9 Å². The lowest BCUT2D eigenvalue weighted by Gasteiger charge is -2.18. The Balaban J connectivity index is 4.31. The van der Waals surface area contributed by atoms with Crippen LogP contribution in [0.15, 0.2) is 0 Å². The zero-order chi connectivity index (χ0) is 44.0. The van der Waals surface area contributed by atoms with Gasteiger partial charge in [0, 0.05) is 19.3 Å². The normalized spacial score (nSPS) is 12.1. The third-order valence-electron chi connectivity index (χ3n) is 12.2. The molecule has 0 aliphatic rings. The number of rotatable bonds is 48. The highest BCUT2D eigenvalue weighted by atomic mass is 16.6.